The molecule has 0 aliphatic heterocycles. The van der Waals surface area contributed by atoms with Gasteiger partial charge in [-0.25, -0.2) is 13.1 Å². The number of rotatable bonds is 4. The summed E-state index contributed by atoms with van der Waals surface area (Å²) in [7, 11) is -3.49. The predicted octanol–water partition coefficient (Wildman–Crippen LogP) is 2.29. The SMILES string of the molecule is Cc1ccc(S(=O)(=O)NCC2CCC(C)C2)c(N)c1. The topological polar surface area (TPSA) is 72.2 Å². The molecule has 1 aliphatic rings. The molecule has 0 aromatic heterocycles. The molecule has 1 fully saturated rings. The van der Waals surface area contributed by atoms with E-state index in [4.69, 9.17) is 5.73 Å². The molecule has 5 heteroatoms. The number of hydrogen-bond acceptors (Lipinski definition) is 3. The van der Waals surface area contributed by atoms with E-state index in [1.165, 1.54) is 6.42 Å². The second kappa shape index (κ2) is 5.51. The highest BCUT2D eigenvalue weighted by molar-refractivity contribution is 7.89. The van der Waals surface area contributed by atoms with Crippen molar-refractivity contribution in [2.45, 2.75) is 38.0 Å². The molecule has 106 valence electrons. The van der Waals surface area contributed by atoms with Crippen LogP contribution in [-0.2, 0) is 10.0 Å². The summed E-state index contributed by atoms with van der Waals surface area (Å²) in [5, 5.41) is 0. The van der Waals surface area contributed by atoms with E-state index in [9.17, 15) is 8.42 Å². The second-order valence-corrected chi connectivity index (χ2v) is 7.41. The molecule has 1 saturated carbocycles. The Morgan fingerprint density at radius 1 is 1.37 bits per heavy atom. The fraction of sp³-hybridized carbons (Fsp3) is 0.571. The van der Waals surface area contributed by atoms with Crippen LogP contribution in [0.2, 0.25) is 0 Å². The first-order valence-corrected chi connectivity index (χ1v) is 8.22. The van der Waals surface area contributed by atoms with E-state index >= 15 is 0 Å². The van der Waals surface area contributed by atoms with Crippen LogP contribution >= 0.6 is 0 Å². The van der Waals surface area contributed by atoms with Crippen molar-refractivity contribution in [1.82, 2.24) is 4.72 Å². The lowest BCUT2D eigenvalue weighted by Crippen LogP contribution is -2.29. The van der Waals surface area contributed by atoms with Gasteiger partial charge < -0.3 is 5.73 Å². The van der Waals surface area contributed by atoms with Gasteiger partial charge in [0, 0.05) is 6.54 Å². The third kappa shape index (κ3) is 3.48. The summed E-state index contributed by atoms with van der Waals surface area (Å²) in [4.78, 5) is 0.184. The molecule has 2 rings (SSSR count). The molecular formula is C14H22N2O2S. The minimum absolute atomic E-state index is 0.184. The van der Waals surface area contributed by atoms with Gasteiger partial charge in [-0.1, -0.05) is 19.4 Å². The van der Waals surface area contributed by atoms with Crippen molar-refractivity contribution in [3.05, 3.63) is 23.8 Å². The maximum absolute atomic E-state index is 12.2. The van der Waals surface area contributed by atoms with Crippen LogP contribution < -0.4 is 10.5 Å². The number of aryl methyl sites for hydroxylation is 1. The Morgan fingerprint density at radius 3 is 2.68 bits per heavy atom. The zero-order valence-corrected chi connectivity index (χ0v) is 12.3. The summed E-state index contributed by atoms with van der Waals surface area (Å²) >= 11 is 0. The molecule has 0 spiro atoms. The summed E-state index contributed by atoms with van der Waals surface area (Å²) in [6.45, 7) is 4.62. The highest BCUT2D eigenvalue weighted by Gasteiger charge is 2.24. The maximum Gasteiger partial charge on any atom is 0.242 e. The monoisotopic (exact) mass is 282 g/mol. The van der Waals surface area contributed by atoms with E-state index < -0.39 is 10.0 Å². The summed E-state index contributed by atoms with van der Waals surface area (Å²) in [5.41, 5.74) is 7.07. The molecule has 3 N–H and O–H groups in total. The number of hydrogen-bond donors (Lipinski definition) is 2. The largest absolute Gasteiger partial charge is 0.398 e. The molecular weight excluding hydrogens is 260 g/mol. The van der Waals surface area contributed by atoms with Gasteiger partial charge in [-0.3, -0.25) is 0 Å². The number of anilines is 1. The second-order valence-electron chi connectivity index (χ2n) is 5.68. The minimum Gasteiger partial charge on any atom is -0.398 e. The summed E-state index contributed by atoms with van der Waals surface area (Å²) in [5.74, 6) is 1.16. The summed E-state index contributed by atoms with van der Waals surface area (Å²) in [6, 6.07) is 5.03. The van der Waals surface area contributed by atoms with Gasteiger partial charge in [0.25, 0.3) is 0 Å². The van der Waals surface area contributed by atoms with Crippen LogP contribution in [0.3, 0.4) is 0 Å². The number of nitrogens with one attached hydrogen (secondary N) is 1. The van der Waals surface area contributed by atoms with Crippen LogP contribution in [0.15, 0.2) is 23.1 Å². The van der Waals surface area contributed by atoms with Crippen LogP contribution in [0.25, 0.3) is 0 Å². The minimum atomic E-state index is -3.49. The molecule has 19 heavy (non-hydrogen) atoms. The van der Waals surface area contributed by atoms with Crippen molar-refractivity contribution in [2.75, 3.05) is 12.3 Å². The Labute approximate surface area is 115 Å². The summed E-state index contributed by atoms with van der Waals surface area (Å²) < 4.78 is 27.1. The van der Waals surface area contributed by atoms with Gasteiger partial charge in [0.15, 0.2) is 0 Å². The zero-order valence-electron chi connectivity index (χ0n) is 11.5. The zero-order chi connectivity index (χ0) is 14.0. The number of sulfonamides is 1. The van der Waals surface area contributed by atoms with Gasteiger partial charge in [0.05, 0.1) is 5.69 Å². The van der Waals surface area contributed by atoms with Crippen molar-refractivity contribution in [1.29, 1.82) is 0 Å². The average Bonchev–Trinajstić information content (AvgIpc) is 2.72. The third-order valence-electron chi connectivity index (χ3n) is 3.82. The Bertz CT molecular complexity index is 555. The summed E-state index contributed by atoms with van der Waals surface area (Å²) in [6.07, 6.45) is 3.40. The molecule has 0 heterocycles. The van der Waals surface area contributed by atoms with Crippen LogP contribution in [0.1, 0.15) is 31.7 Å². The molecule has 0 amide bonds. The van der Waals surface area contributed by atoms with Crippen LogP contribution in [0.4, 0.5) is 5.69 Å². The van der Waals surface area contributed by atoms with Gasteiger partial charge in [0.2, 0.25) is 10.0 Å². The smallest absolute Gasteiger partial charge is 0.242 e. The average molecular weight is 282 g/mol. The Kier molecular flexibility index (Phi) is 4.16. The fourth-order valence-corrected chi connectivity index (χ4v) is 3.96. The normalized spacial score (nSPS) is 23.7. The number of benzene rings is 1. The van der Waals surface area contributed by atoms with E-state index in [-0.39, 0.29) is 4.90 Å². The van der Waals surface area contributed by atoms with E-state index in [1.54, 1.807) is 18.2 Å². The van der Waals surface area contributed by atoms with Gasteiger partial charge in [-0.2, -0.15) is 0 Å². The van der Waals surface area contributed by atoms with Crippen LogP contribution in [0.5, 0.6) is 0 Å². The van der Waals surface area contributed by atoms with Crippen LogP contribution in [0, 0.1) is 18.8 Å². The van der Waals surface area contributed by atoms with Gasteiger partial charge in [0.1, 0.15) is 4.90 Å². The van der Waals surface area contributed by atoms with E-state index in [1.807, 2.05) is 6.92 Å². The van der Waals surface area contributed by atoms with Crippen LogP contribution in [-0.4, -0.2) is 15.0 Å². The van der Waals surface area contributed by atoms with Crippen molar-refractivity contribution in [3.8, 4) is 0 Å². The first-order chi connectivity index (χ1) is 8.88. The predicted molar refractivity (Wildman–Crippen MR) is 77.3 cm³/mol. The number of nitrogen functional groups attached to an aromatic ring is 1. The lowest BCUT2D eigenvalue weighted by Gasteiger charge is -2.13. The molecule has 0 bridgehead atoms. The Balaban J connectivity index is 2.06. The molecule has 1 aromatic carbocycles. The highest BCUT2D eigenvalue weighted by Crippen LogP contribution is 2.30. The Hall–Kier alpha value is -1.07. The number of nitrogens with two attached hydrogens (primary N) is 1. The fourth-order valence-electron chi connectivity index (χ4n) is 2.73. The van der Waals surface area contributed by atoms with Gasteiger partial charge >= 0.3 is 0 Å². The lowest BCUT2D eigenvalue weighted by molar-refractivity contribution is 0.498. The van der Waals surface area contributed by atoms with E-state index in [0.29, 0.717) is 24.1 Å². The molecule has 0 radical (unpaired) electrons. The van der Waals surface area contributed by atoms with Gasteiger partial charge in [-0.05, 0) is 49.3 Å². The third-order valence-corrected chi connectivity index (χ3v) is 5.32. The molecule has 2 atom stereocenters. The van der Waals surface area contributed by atoms with Crippen molar-refractivity contribution >= 4 is 15.7 Å². The first-order valence-electron chi connectivity index (χ1n) is 6.74. The standard InChI is InChI=1S/C14H22N2O2S/c1-10-3-5-12(7-10)9-16-19(17,18)14-6-4-11(2)8-13(14)15/h4,6,8,10,12,16H,3,5,7,9,15H2,1-2H3. The lowest BCUT2D eigenvalue weighted by atomic mass is 10.1. The highest BCUT2D eigenvalue weighted by atomic mass is 32.2. The molecule has 4 nitrogen and oxygen atoms in total. The molecule has 0 saturated heterocycles. The molecule has 1 aliphatic carbocycles. The van der Waals surface area contributed by atoms with Crippen molar-refractivity contribution < 1.29 is 8.42 Å². The molecule has 2 unspecified atom stereocenters. The Morgan fingerprint density at radius 2 is 2.11 bits per heavy atom. The van der Waals surface area contributed by atoms with E-state index in [2.05, 4.69) is 11.6 Å². The van der Waals surface area contributed by atoms with Gasteiger partial charge in [-0.15, -0.1) is 0 Å². The van der Waals surface area contributed by atoms with E-state index in [0.717, 1.165) is 18.4 Å². The van der Waals surface area contributed by atoms with Crippen molar-refractivity contribution in [2.24, 2.45) is 11.8 Å². The van der Waals surface area contributed by atoms with Crippen molar-refractivity contribution in [3.63, 3.8) is 0 Å². The first kappa shape index (κ1) is 14.3. The maximum atomic E-state index is 12.2. The quantitative estimate of drug-likeness (QED) is 0.832. The molecule has 1 aromatic rings.